The van der Waals surface area contributed by atoms with Gasteiger partial charge < -0.3 is 10.5 Å². The molecule has 3 heteroatoms. The van der Waals surface area contributed by atoms with Crippen molar-refractivity contribution in [1.29, 1.82) is 5.41 Å². The van der Waals surface area contributed by atoms with Crippen LogP contribution in [0.15, 0.2) is 0 Å². The van der Waals surface area contributed by atoms with Crippen molar-refractivity contribution in [1.82, 2.24) is 0 Å². The van der Waals surface area contributed by atoms with Gasteiger partial charge in [0.25, 0.3) is 0 Å². The van der Waals surface area contributed by atoms with Crippen LogP contribution in [0.4, 0.5) is 0 Å². The van der Waals surface area contributed by atoms with Gasteiger partial charge in [0.15, 0.2) is 0 Å². The summed E-state index contributed by atoms with van der Waals surface area (Å²) in [6.45, 7) is 5.52. The number of hydrogen-bond donors (Lipinski definition) is 2. The van der Waals surface area contributed by atoms with Gasteiger partial charge in [0, 0.05) is 12.5 Å². The summed E-state index contributed by atoms with van der Waals surface area (Å²) in [6, 6.07) is 0. The van der Waals surface area contributed by atoms with Gasteiger partial charge in [0.2, 0.25) is 0 Å². The molecule has 0 aliphatic rings. The van der Waals surface area contributed by atoms with Gasteiger partial charge >= 0.3 is 0 Å². The molecule has 0 radical (unpaired) electrons. The van der Waals surface area contributed by atoms with E-state index in [1.54, 1.807) is 0 Å². The number of rotatable bonds is 9. The van der Waals surface area contributed by atoms with Crippen molar-refractivity contribution in [2.75, 3.05) is 13.2 Å². The molecule has 0 aromatic heterocycles. The molecular weight excluding hydrogens is 176 g/mol. The molecule has 0 saturated carbocycles. The van der Waals surface area contributed by atoms with E-state index in [1.165, 1.54) is 25.7 Å². The van der Waals surface area contributed by atoms with Crippen molar-refractivity contribution in [3.05, 3.63) is 0 Å². The predicted molar refractivity (Wildman–Crippen MR) is 60.7 cm³/mol. The Morgan fingerprint density at radius 1 is 1.29 bits per heavy atom. The average molecular weight is 200 g/mol. The van der Waals surface area contributed by atoms with Crippen LogP contribution in [0.2, 0.25) is 0 Å². The summed E-state index contributed by atoms with van der Waals surface area (Å²) in [4.78, 5) is 0. The molecule has 0 spiro atoms. The van der Waals surface area contributed by atoms with Crippen LogP contribution in [0.25, 0.3) is 0 Å². The van der Waals surface area contributed by atoms with Crippen molar-refractivity contribution < 1.29 is 4.74 Å². The van der Waals surface area contributed by atoms with E-state index >= 15 is 0 Å². The number of amidine groups is 1. The van der Waals surface area contributed by atoms with Crippen molar-refractivity contribution >= 4 is 5.84 Å². The molecule has 3 N–H and O–H groups in total. The van der Waals surface area contributed by atoms with Gasteiger partial charge in [-0.05, 0) is 6.42 Å². The second kappa shape index (κ2) is 9.00. The lowest BCUT2D eigenvalue weighted by molar-refractivity contribution is 0.117. The van der Waals surface area contributed by atoms with E-state index in [0.717, 1.165) is 13.0 Å². The van der Waals surface area contributed by atoms with Crippen molar-refractivity contribution in [2.45, 2.75) is 46.0 Å². The molecule has 0 amide bonds. The number of unbranched alkanes of at least 4 members (excludes halogenated alkanes) is 4. The van der Waals surface area contributed by atoms with E-state index in [9.17, 15) is 0 Å². The lowest BCUT2D eigenvalue weighted by Gasteiger charge is -2.09. The lowest BCUT2D eigenvalue weighted by atomic mass is 10.1. The van der Waals surface area contributed by atoms with Gasteiger partial charge in [-0.2, -0.15) is 0 Å². The highest BCUT2D eigenvalue weighted by Gasteiger charge is 2.03. The maximum absolute atomic E-state index is 7.17. The number of nitrogens with one attached hydrogen (secondary N) is 1. The molecule has 84 valence electrons. The Bertz CT molecular complexity index is 148. The summed E-state index contributed by atoms with van der Waals surface area (Å²) in [5.41, 5.74) is 5.32. The van der Waals surface area contributed by atoms with Crippen LogP contribution in [0.3, 0.4) is 0 Å². The first-order valence-corrected chi connectivity index (χ1v) is 5.60. The molecule has 0 saturated heterocycles. The first-order chi connectivity index (χ1) is 6.68. The van der Waals surface area contributed by atoms with E-state index < -0.39 is 0 Å². The monoisotopic (exact) mass is 200 g/mol. The summed E-state index contributed by atoms with van der Waals surface area (Å²) >= 11 is 0. The van der Waals surface area contributed by atoms with E-state index in [1.807, 2.05) is 6.92 Å². The predicted octanol–water partition coefficient (Wildman–Crippen LogP) is 2.55. The van der Waals surface area contributed by atoms with Crippen LogP contribution in [0.1, 0.15) is 46.0 Å². The zero-order chi connectivity index (χ0) is 10.8. The highest BCUT2D eigenvalue weighted by Crippen LogP contribution is 2.03. The van der Waals surface area contributed by atoms with Gasteiger partial charge in [0.1, 0.15) is 0 Å². The van der Waals surface area contributed by atoms with E-state index in [2.05, 4.69) is 6.92 Å². The van der Waals surface area contributed by atoms with E-state index in [-0.39, 0.29) is 11.8 Å². The first-order valence-electron chi connectivity index (χ1n) is 5.60. The molecule has 0 aliphatic heterocycles. The Kier molecular flexibility index (Phi) is 8.64. The maximum atomic E-state index is 7.17. The van der Waals surface area contributed by atoms with Gasteiger partial charge in [-0.1, -0.05) is 39.5 Å². The quantitative estimate of drug-likeness (QED) is 0.341. The highest BCUT2D eigenvalue weighted by molar-refractivity contribution is 5.79. The molecule has 0 heterocycles. The minimum Gasteiger partial charge on any atom is -0.387 e. The Labute approximate surface area is 87.5 Å². The van der Waals surface area contributed by atoms with Crippen LogP contribution >= 0.6 is 0 Å². The van der Waals surface area contributed by atoms with Gasteiger partial charge in [-0.25, -0.2) is 0 Å². The zero-order valence-corrected chi connectivity index (χ0v) is 9.51. The third-order valence-electron chi connectivity index (χ3n) is 2.29. The van der Waals surface area contributed by atoms with Crippen molar-refractivity contribution in [3.8, 4) is 0 Å². The van der Waals surface area contributed by atoms with Crippen LogP contribution in [-0.4, -0.2) is 19.0 Å². The zero-order valence-electron chi connectivity index (χ0n) is 9.51. The summed E-state index contributed by atoms with van der Waals surface area (Å²) in [6.07, 6.45) is 6.29. The van der Waals surface area contributed by atoms with Gasteiger partial charge in [0.05, 0.1) is 12.4 Å². The normalized spacial score (nSPS) is 12.7. The molecule has 0 bridgehead atoms. The molecule has 14 heavy (non-hydrogen) atoms. The molecule has 0 fully saturated rings. The molecule has 1 unspecified atom stereocenters. The molecule has 1 atom stereocenters. The minimum absolute atomic E-state index is 0.0608. The average Bonchev–Trinajstić information content (AvgIpc) is 2.16. The SMILES string of the molecule is CCCCCCCOCC(C)C(=N)N. The minimum atomic E-state index is 0.0608. The van der Waals surface area contributed by atoms with Crippen LogP contribution in [0.5, 0.6) is 0 Å². The van der Waals surface area contributed by atoms with Crippen LogP contribution in [0, 0.1) is 11.3 Å². The second-order valence-electron chi connectivity index (χ2n) is 3.85. The number of hydrogen-bond acceptors (Lipinski definition) is 2. The molecule has 0 aliphatic carbocycles. The Hall–Kier alpha value is -0.570. The van der Waals surface area contributed by atoms with Crippen LogP contribution in [-0.2, 0) is 4.74 Å². The highest BCUT2D eigenvalue weighted by atomic mass is 16.5. The fourth-order valence-electron chi connectivity index (χ4n) is 1.16. The standard InChI is InChI=1S/C11H24N2O/c1-3-4-5-6-7-8-14-9-10(2)11(12)13/h10H,3-9H2,1-2H3,(H3,12,13). The Balaban J connectivity index is 3.09. The molecular formula is C11H24N2O. The number of ether oxygens (including phenoxy) is 1. The number of nitrogens with two attached hydrogens (primary N) is 1. The van der Waals surface area contributed by atoms with Crippen LogP contribution < -0.4 is 5.73 Å². The largest absolute Gasteiger partial charge is 0.387 e. The van der Waals surface area contributed by atoms with E-state index in [0.29, 0.717) is 6.61 Å². The Morgan fingerprint density at radius 2 is 1.93 bits per heavy atom. The van der Waals surface area contributed by atoms with Crippen molar-refractivity contribution in [3.63, 3.8) is 0 Å². The third-order valence-corrected chi connectivity index (χ3v) is 2.29. The fourth-order valence-corrected chi connectivity index (χ4v) is 1.16. The Morgan fingerprint density at radius 3 is 2.50 bits per heavy atom. The van der Waals surface area contributed by atoms with Gasteiger partial charge in [-0.15, -0.1) is 0 Å². The smallest absolute Gasteiger partial charge is 0.0957 e. The summed E-state index contributed by atoms with van der Waals surface area (Å²) in [5.74, 6) is 0.279. The fraction of sp³-hybridized carbons (Fsp3) is 0.909. The van der Waals surface area contributed by atoms with Gasteiger partial charge in [-0.3, -0.25) is 5.41 Å². The molecule has 0 aromatic rings. The molecule has 0 aromatic carbocycles. The topological polar surface area (TPSA) is 59.1 Å². The molecule has 0 rings (SSSR count). The third kappa shape index (κ3) is 8.05. The maximum Gasteiger partial charge on any atom is 0.0957 e. The first kappa shape index (κ1) is 13.4. The summed E-state index contributed by atoms with van der Waals surface area (Å²) < 4.78 is 5.42. The lowest BCUT2D eigenvalue weighted by Crippen LogP contribution is -2.24. The molecule has 3 nitrogen and oxygen atoms in total. The summed E-state index contributed by atoms with van der Waals surface area (Å²) in [7, 11) is 0. The second-order valence-corrected chi connectivity index (χ2v) is 3.85. The van der Waals surface area contributed by atoms with E-state index in [4.69, 9.17) is 15.9 Å². The summed E-state index contributed by atoms with van der Waals surface area (Å²) in [5, 5.41) is 7.17. The van der Waals surface area contributed by atoms with Crippen molar-refractivity contribution in [2.24, 2.45) is 11.7 Å².